The van der Waals surface area contributed by atoms with E-state index in [2.05, 4.69) is 11.5 Å². The van der Waals surface area contributed by atoms with Gasteiger partial charge in [-0.05, 0) is 12.5 Å². The maximum atomic E-state index is 11.5. The highest BCUT2D eigenvalue weighted by Crippen LogP contribution is 2.10. The van der Waals surface area contributed by atoms with Gasteiger partial charge < -0.3 is 4.57 Å². The van der Waals surface area contributed by atoms with E-state index in [1.54, 1.807) is 0 Å². The third-order valence-electron chi connectivity index (χ3n) is 3.66. The Kier molecular flexibility index (Phi) is 8.28. The Morgan fingerprint density at radius 3 is 2.26 bits per heavy atom. The standard InChI is InChI=1S/C17H29NO/c1-3-5-6-7-8-9-10-11-13-18-14-12-16(15-18)17(19)4-2/h12,14-15H,3-11,13H2,1-2H3. The number of aryl methyl sites for hydroxylation is 1. The molecule has 0 spiro atoms. The molecule has 0 atom stereocenters. The Balaban J connectivity index is 2.06. The average Bonchev–Trinajstić information content (AvgIpc) is 2.89. The van der Waals surface area contributed by atoms with Gasteiger partial charge in [0.15, 0.2) is 5.78 Å². The fraction of sp³-hybridized carbons (Fsp3) is 0.706. The van der Waals surface area contributed by atoms with Crippen LogP contribution in [0.4, 0.5) is 0 Å². The number of unbranched alkanes of at least 4 members (excludes halogenated alkanes) is 7. The topological polar surface area (TPSA) is 22.0 Å². The van der Waals surface area contributed by atoms with E-state index in [1.165, 1.54) is 51.4 Å². The number of aromatic nitrogens is 1. The predicted octanol–water partition coefficient (Wildman–Crippen LogP) is 5.22. The molecule has 0 saturated carbocycles. The van der Waals surface area contributed by atoms with E-state index in [0.29, 0.717) is 6.42 Å². The van der Waals surface area contributed by atoms with E-state index in [0.717, 1.165) is 12.1 Å². The lowest BCUT2D eigenvalue weighted by Gasteiger charge is -2.03. The minimum Gasteiger partial charge on any atom is -0.354 e. The number of ketones is 1. The van der Waals surface area contributed by atoms with Crippen LogP contribution < -0.4 is 0 Å². The van der Waals surface area contributed by atoms with E-state index in [-0.39, 0.29) is 5.78 Å². The molecule has 1 heterocycles. The first-order valence-electron chi connectivity index (χ1n) is 7.97. The lowest BCUT2D eigenvalue weighted by atomic mass is 10.1. The SMILES string of the molecule is CCCCCCCCCCn1ccc(C(=O)CC)c1. The second kappa shape index (κ2) is 9.82. The third kappa shape index (κ3) is 6.60. The summed E-state index contributed by atoms with van der Waals surface area (Å²) >= 11 is 0. The van der Waals surface area contributed by atoms with Gasteiger partial charge in [0.2, 0.25) is 0 Å². The molecule has 0 aliphatic rings. The maximum absolute atomic E-state index is 11.5. The lowest BCUT2D eigenvalue weighted by Crippen LogP contribution is -1.97. The minimum atomic E-state index is 0.245. The Morgan fingerprint density at radius 1 is 1.00 bits per heavy atom. The van der Waals surface area contributed by atoms with Crippen molar-refractivity contribution in [2.75, 3.05) is 0 Å². The molecule has 19 heavy (non-hydrogen) atoms. The molecule has 0 aliphatic heterocycles. The first-order valence-corrected chi connectivity index (χ1v) is 7.97. The zero-order chi connectivity index (χ0) is 13.9. The van der Waals surface area contributed by atoms with Crippen LogP contribution in [0.25, 0.3) is 0 Å². The van der Waals surface area contributed by atoms with Gasteiger partial charge in [-0.25, -0.2) is 0 Å². The minimum absolute atomic E-state index is 0.245. The molecule has 1 rings (SSSR count). The van der Waals surface area contributed by atoms with Crippen molar-refractivity contribution in [3.8, 4) is 0 Å². The molecule has 1 aromatic rings. The first kappa shape index (κ1) is 16.0. The van der Waals surface area contributed by atoms with Crippen LogP contribution in [0.2, 0.25) is 0 Å². The summed E-state index contributed by atoms with van der Waals surface area (Å²) in [4.78, 5) is 11.5. The molecule has 0 aliphatic carbocycles. The van der Waals surface area contributed by atoms with Gasteiger partial charge >= 0.3 is 0 Å². The fourth-order valence-corrected chi connectivity index (χ4v) is 2.38. The van der Waals surface area contributed by atoms with E-state index in [4.69, 9.17) is 0 Å². The number of rotatable bonds is 11. The molecule has 0 bridgehead atoms. The summed E-state index contributed by atoms with van der Waals surface area (Å²) < 4.78 is 2.15. The molecule has 0 radical (unpaired) electrons. The molecule has 0 unspecified atom stereocenters. The molecular formula is C17H29NO. The van der Waals surface area contributed by atoms with Crippen LogP contribution in [0, 0.1) is 0 Å². The highest BCUT2D eigenvalue weighted by molar-refractivity contribution is 5.95. The van der Waals surface area contributed by atoms with Crippen molar-refractivity contribution < 1.29 is 4.79 Å². The molecule has 0 aromatic carbocycles. The molecule has 0 amide bonds. The highest BCUT2D eigenvalue weighted by Gasteiger charge is 2.04. The molecule has 108 valence electrons. The summed E-state index contributed by atoms with van der Waals surface area (Å²) in [7, 11) is 0. The third-order valence-corrected chi connectivity index (χ3v) is 3.66. The summed E-state index contributed by atoms with van der Waals surface area (Å²) in [6.45, 7) is 5.22. The first-order chi connectivity index (χ1) is 9.27. The number of carbonyl (C=O) groups excluding carboxylic acids is 1. The molecule has 0 fully saturated rings. The van der Waals surface area contributed by atoms with Crippen LogP contribution in [-0.2, 0) is 6.54 Å². The summed E-state index contributed by atoms with van der Waals surface area (Å²) in [5.41, 5.74) is 0.863. The van der Waals surface area contributed by atoms with Crippen LogP contribution >= 0.6 is 0 Å². The van der Waals surface area contributed by atoms with E-state index >= 15 is 0 Å². The molecule has 2 heteroatoms. The number of Topliss-reactive ketones (excluding diaryl/α,β-unsaturated/α-hetero) is 1. The van der Waals surface area contributed by atoms with Gasteiger partial charge in [-0.15, -0.1) is 0 Å². The van der Waals surface area contributed by atoms with E-state index in [1.807, 2.05) is 25.4 Å². The normalized spacial score (nSPS) is 10.8. The molecule has 0 N–H and O–H groups in total. The van der Waals surface area contributed by atoms with Crippen LogP contribution in [-0.4, -0.2) is 10.4 Å². The monoisotopic (exact) mass is 263 g/mol. The van der Waals surface area contributed by atoms with Crippen molar-refractivity contribution in [3.63, 3.8) is 0 Å². The second-order valence-corrected chi connectivity index (χ2v) is 5.39. The zero-order valence-electron chi connectivity index (χ0n) is 12.7. The van der Waals surface area contributed by atoms with Gasteiger partial charge in [0.05, 0.1) is 0 Å². The Bertz CT molecular complexity index is 354. The van der Waals surface area contributed by atoms with Crippen molar-refractivity contribution in [1.82, 2.24) is 4.57 Å². The van der Waals surface area contributed by atoms with Crippen molar-refractivity contribution in [2.45, 2.75) is 78.2 Å². The molecule has 2 nitrogen and oxygen atoms in total. The largest absolute Gasteiger partial charge is 0.354 e. The Morgan fingerprint density at radius 2 is 1.63 bits per heavy atom. The molecule has 1 aromatic heterocycles. The predicted molar refractivity (Wildman–Crippen MR) is 81.7 cm³/mol. The Labute approximate surface area is 118 Å². The van der Waals surface area contributed by atoms with Crippen molar-refractivity contribution >= 4 is 5.78 Å². The maximum Gasteiger partial charge on any atom is 0.164 e. The summed E-state index contributed by atoms with van der Waals surface area (Å²) in [5.74, 6) is 0.245. The quantitative estimate of drug-likeness (QED) is 0.396. The number of carbonyl (C=O) groups is 1. The van der Waals surface area contributed by atoms with Crippen molar-refractivity contribution in [1.29, 1.82) is 0 Å². The second-order valence-electron chi connectivity index (χ2n) is 5.39. The van der Waals surface area contributed by atoms with Crippen LogP contribution in [0.3, 0.4) is 0 Å². The van der Waals surface area contributed by atoms with Gasteiger partial charge in [0, 0.05) is 30.9 Å². The van der Waals surface area contributed by atoms with E-state index < -0.39 is 0 Å². The lowest BCUT2D eigenvalue weighted by molar-refractivity contribution is 0.0988. The van der Waals surface area contributed by atoms with Gasteiger partial charge in [0.25, 0.3) is 0 Å². The summed E-state index contributed by atoms with van der Waals surface area (Å²) in [6.07, 6.45) is 15.4. The fourth-order valence-electron chi connectivity index (χ4n) is 2.38. The Hall–Kier alpha value is -1.05. The van der Waals surface area contributed by atoms with Crippen LogP contribution in [0.5, 0.6) is 0 Å². The summed E-state index contributed by atoms with van der Waals surface area (Å²) in [5, 5.41) is 0. The van der Waals surface area contributed by atoms with E-state index in [9.17, 15) is 4.79 Å². The number of nitrogens with zero attached hydrogens (tertiary/aromatic N) is 1. The van der Waals surface area contributed by atoms with Crippen LogP contribution in [0.1, 0.15) is 82.0 Å². The summed E-state index contributed by atoms with van der Waals surface area (Å²) in [6, 6.07) is 1.94. The zero-order valence-corrected chi connectivity index (χ0v) is 12.7. The molecular weight excluding hydrogens is 234 g/mol. The number of hydrogen-bond acceptors (Lipinski definition) is 1. The smallest absolute Gasteiger partial charge is 0.164 e. The van der Waals surface area contributed by atoms with Gasteiger partial charge in [0.1, 0.15) is 0 Å². The van der Waals surface area contributed by atoms with Crippen LogP contribution in [0.15, 0.2) is 18.5 Å². The van der Waals surface area contributed by atoms with Gasteiger partial charge in [-0.2, -0.15) is 0 Å². The van der Waals surface area contributed by atoms with Gasteiger partial charge in [-0.3, -0.25) is 4.79 Å². The average molecular weight is 263 g/mol. The van der Waals surface area contributed by atoms with Crippen molar-refractivity contribution in [2.24, 2.45) is 0 Å². The molecule has 0 saturated heterocycles. The number of hydrogen-bond donors (Lipinski definition) is 0. The highest BCUT2D eigenvalue weighted by atomic mass is 16.1. The van der Waals surface area contributed by atoms with Gasteiger partial charge in [-0.1, -0.05) is 58.8 Å². The van der Waals surface area contributed by atoms with Crippen molar-refractivity contribution in [3.05, 3.63) is 24.0 Å².